The van der Waals surface area contributed by atoms with Crippen LogP contribution in [-0.2, 0) is 21.3 Å². The van der Waals surface area contributed by atoms with Crippen LogP contribution in [0.3, 0.4) is 0 Å². The van der Waals surface area contributed by atoms with Crippen LogP contribution in [-0.4, -0.2) is 53.2 Å². The fourth-order valence-electron chi connectivity index (χ4n) is 2.31. The minimum absolute atomic E-state index is 0.0224. The van der Waals surface area contributed by atoms with Crippen molar-refractivity contribution in [3.05, 3.63) is 28.8 Å². The molecule has 2 aromatic heterocycles. The van der Waals surface area contributed by atoms with Crippen molar-refractivity contribution in [2.75, 3.05) is 26.3 Å². The maximum atomic E-state index is 12.7. The standard InChI is InChI=1S/C12H13N5O4S/c13-3-5-17-12(18)16-4-1-2-10(11(16)14-17)22(19,20)15-6-8-21-9-7-15/h1-2,4H,5-9H2. The van der Waals surface area contributed by atoms with Gasteiger partial charge in [-0.2, -0.15) is 14.2 Å². The number of sulfonamides is 1. The second-order valence-electron chi connectivity index (χ2n) is 4.68. The van der Waals surface area contributed by atoms with E-state index in [-0.39, 0.29) is 30.2 Å². The van der Waals surface area contributed by atoms with Crippen molar-refractivity contribution in [3.8, 4) is 6.07 Å². The molecule has 10 heteroatoms. The first kappa shape index (κ1) is 14.7. The van der Waals surface area contributed by atoms with E-state index in [0.29, 0.717) is 13.2 Å². The summed E-state index contributed by atoms with van der Waals surface area (Å²) < 4.78 is 34.0. The van der Waals surface area contributed by atoms with Crippen LogP contribution in [0, 0.1) is 11.3 Å². The molecule has 22 heavy (non-hydrogen) atoms. The van der Waals surface area contributed by atoms with Gasteiger partial charge in [0.1, 0.15) is 11.4 Å². The molecule has 0 radical (unpaired) electrons. The van der Waals surface area contributed by atoms with Crippen LogP contribution in [0.15, 0.2) is 28.0 Å². The lowest BCUT2D eigenvalue weighted by Crippen LogP contribution is -2.40. The molecular weight excluding hydrogens is 310 g/mol. The van der Waals surface area contributed by atoms with Crippen molar-refractivity contribution in [2.45, 2.75) is 11.4 Å². The molecule has 9 nitrogen and oxygen atoms in total. The number of hydrogen-bond donors (Lipinski definition) is 0. The maximum absolute atomic E-state index is 12.7. The average molecular weight is 323 g/mol. The van der Waals surface area contributed by atoms with Gasteiger partial charge in [-0.3, -0.25) is 0 Å². The number of nitrogens with zero attached hydrogens (tertiary/aromatic N) is 5. The van der Waals surface area contributed by atoms with Crippen LogP contribution in [0.2, 0.25) is 0 Å². The zero-order valence-corrected chi connectivity index (χ0v) is 12.4. The third-order valence-corrected chi connectivity index (χ3v) is 5.30. The van der Waals surface area contributed by atoms with Gasteiger partial charge in [-0.15, -0.1) is 5.10 Å². The smallest absolute Gasteiger partial charge is 0.351 e. The summed E-state index contributed by atoms with van der Waals surface area (Å²) in [5.74, 6) is 0. The van der Waals surface area contributed by atoms with Gasteiger partial charge >= 0.3 is 5.69 Å². The minimum atomic E-state index is -3.77. The Morgan fingerprint density at radius 3 is 2.77 bits per heavy atom. The molecule has 116 valence electrons. The van der Waals surface area contributed by atoms with Gasteiger partial charge in [-0.1, -0.05) is 0 Å². The zero-order valence-electron chi connectivity index (χ0n) is 11.5. The van der Waals surface area contributed by atoms with Crippen LogP contribution >= 0.6 is 0 Å². The summed E-state index contributed by atoms with van der Waals surface area (Å²) in [7, 11) is -3.77. The monoisotopic (exact) mass is 323 g/mol. The van der Waals surface area contributed by atoms with E-state index >= 15 is 0 Å². The summed E-state index contributed by atoms with van der Waals surface area (Å²) >= 11 is 0. The van der Waals surface area contributed by atoms with Crippen molar-refractivity contribution in [1.29, 1.82) is 5.26 Å². The largest absolute Gasteiger partial charge is 0.379 e. The summed E-state index contributed by atoms with van der Waals surface area (Å²) in [4.78, 5) is 12.0. The molecule has 0 unspecified atom stereocenters. The first-order valence-corrected chi connectivity index (χ1v) is 8.03. The number of nitriles is 1. The van der Waals surface area contributed by atoms with E-state index < -0.39 is 15.7 Å². The van der Waals surface area contributed by atoms with Gasteiger partial charge in [0.2, 0.25) is 10.0 Å². The SMILES string of the molecule is N#CCn1nc2c(S(=O)(=O)N3CCOCC3)cccn2c1=O. The quantitative estimate of drug-likeness (QED) is 0.719. The fourth-order valence-corrected chi connectivity index (χ4v) is 3.84. The van der Waals surface area contributed by atoms with Crippen molar-refractivity contribution >= 4 is 15.7 Å². The summed E-state index contributed by atoms with van der Waals surface area (Å²) in [6.45, 7) is 0.937. The van der Waals surface area contributed by atoms with Crippen LogP contribution in [0.1, 0.15) is 0 Å². The molecule has 0 amide bonds. The molecule has 1 fully saturated rings. The predicted octanol–water partition coefficient (Wildman–Crippen LogP) is -0.960. The van der Waals surface area contributed by atoms with E-state index in [0.717, 1.165) is 9.08 Å². The fraction of sp³-hybridized carbons (Fsp3) is 0.417. The summed E-state index contributed by atoms with van der Waals surface area (Å²) in [6, 6.07) is 4.70. The predicted molar refractivity (Wildman–Crippen MR) is 74.6 cm³/mol. The normalized spacial score (nSPS) is 16.7. The van der Waals surface area contributed by atoms with Crippen molar-refractivity contribution < 1.29 is 13.2 Å². The summed E-state index contributed by atoms with van der Waals surface area (Å²) in [5, 5.41) is 12.7. The highest BCUT2D eigenvalue weighted by molar-refractivity contribution is 7.89. The lowest BCUT2D eigenvalue weighted by Gasteiger charge is -2.25. The van der Waals surface area contributed by atoms with Gasteiger partial charge in [0.05, 0.1) is 19.3 Å². The van der Waals surface area contributed by atoms with E-state index in [2.05, 4.69) is 5.10 Å². The second kappa shape index (κ2) is 5.53. The number of aromatic nitrogens is 3. The summed E-state index contributed by atoms with van der Waals surface area (Å²) in [5.41, 5.74) is -0.523. The Morgan fingerprint density at radius 2 is 2.09 bits per heavy atom. The molecule has 0 saturated carbocycles. The Kier molecular flexibility index (Phi) is 3.69. The molecule has 1 saturated heterocycles. The third-order valence-electron chi connectivity index (χ3n) is 3.38. The maximum Gasteiger partial charge on any atom is 0.351 e. The number of pyridine rings is 1. The molecule has 0 aliphatic carbocycles. The highest BCUT2D eigenvalue weighted by Crippen LogP contribution is 2.20. The van der Waals surface area contributed by atoms with Gasteiger partial charge in [0.25, 0.3) is 0 Å². The van der Waals surface area contributed by atoms with Crippen LogP contribution < -0.4 is 5.69 Å². The molecular formula is C12H13N5O4S. The molecule has 3 rings (SSSR count). The Bertz CT molecular complexity index is 902. The topological polar surface area (TPSA) is 110 Å². The first-order valence-electron chi connectivity index (χ1n) is 6.59. The molecule has 1 aliphatic heterocycles. The van der Waals surface area contributed by atoms with E-state index in [1.165, 1.54) is 22.6 Å². The van der Waals surface area contributed by atoms with Crippen molar-refractivity contribution in [1.82, 2.24) is 18.5 Å². The highest BCUT2D eigenvalue weighted by Gasteiger charge is 2.29. The van der Waals surface area contributed by atoms with Gasteiger partial charge in [-0.05, 0) is 12.1 Å². The van der Waals surface area contributed by atoms with Crippen molar-refractivity contribution in [2.24, 2.45) is 0 Å². The van der Waals surface area contributed by atoms with E-state index in [1.54, 1.807) is 0 Å². The average Bonchev–Trinajstić information content (AvgIpc) is 2.85. The first-order chi connectivity index (χ1) is 10.6. The number of hydrogen-bond acceptors (Lipinski definition) is 6. The Balaban J connectivity index is 2.17. The minimum Gasteiger partial charge on any atom is -0.379 e. The van der Waals surface area contributed by atoms with Gasteiger partial charge in [-0.25, -0.2) is 17.6 Å². The molecule has 0 aromatic carbocycles. The number of morpholine rings is 1. The number of rotatable bonds is 3. The molecule has 3 heterocycles. The van der Waals surface area contributed by atoms with Gasteiger partial charge in [0.15, 0.2) is 5.65 Å². The third kappa shape index (κ3) is 2.29. The highest BCUT2D eigenvalue weighted by atomic mass is 32.2. The second-order valence-corrected chi connectivity index (χ2v) is 6.59. The number of ether oxygens (including phenoxy) is 1. The molecule has 2 aromatic rings. The Morgan fingerprint density at radius 1 is 1.36 bits per heavy atom. The lowest BCUT2D eigenvalue weighted by molar-refractivity contribution is 0.0730. The summed E-state index contributed by atoms with van der Waals surface area (Å²) in [6.07, 6.45) is 1.43. The van der Waals surface area contributed by atoms with Gasteiger partial charge < -0.3 is 4.74 Å². The number of fused-ring (bicyclic) bond motifs is 1. The molecule has 0 bridgehead atoms. The van der Waals surface area contributed by atoms with Gasteiger partial charge in [0, 0.05) is 19.3 Å². The van der Waals surface area contributed by atoms with Crippen molar-refractivity contribution in [3.63, 3.8) is 0 Å². The van der Waals surface area contributed by atoms with E-state index in [9.17, 15) is 13.2 Å². The molecule has 0 atom stereocenters. The van der Waals surface area contributed by atoms with E-state index in [4.69, 9.17) is 10.00 Å². The molecule has 0 spiro atoms. The van der Waals surface area contributed by atoms with Crippen LogP contribution in [0.25, 0.3) is 5.65 Å². The Hall–Kier alpha value is -2.22. The lowest BCUT2D eigenvalue weighted by atomic mass is 10.5. The zero-order chi connectivity index (χ0) is 15.7. The van der Waals surface area contributed by atoms with Crippen LogP contribution in [0.5, 0.6) is 0 Å². The molecule has 0 N–H and O–H groups in total. The van der Waals surface area contributed by atoms with E-state index in [1.807, 2.05) is 6.07 Å². The molecule has 1 aliphatic rings. The van der Waals surface area contributed by atoms with Crippen LogP contribution in [0.4, 0.5) is 0 Å². The Labute approximate surface area is 126 Å².